The van der Waals surface area contributed by atoms with E-state index in [9.17, 15) is 4.79 Å². The van der Waals surface area contributed by atoms with E-state index in [4.69, 9.17) is 4.84 Å². The number of carbonyl (C=O) groups is 1. The van der Waals surface area contributed by atoms with Crippen molar-refractivity contribution in [2.75, 3.05) is 13.7 Å². The third-order valence-corrected chi connectivity index (χ3v) is 3.36. The Morgan fingerprint density at radius 2 is 2.13 bits per heavy atom. The van der Waals surface area contributed by atoms with E-state index >= 15 is 0 Å². The molecule has 23 heavy (non-hydrogen) atoms. The lowest BCUT2D eigenvalue weighted by atomic mass is 10.1. The highest BCUT2D eigenvalue weighted by atomic mass is 16.6. The van der Waals surface area contributed by atoms with E-state index in [0.717, 1.165) is 22.2 Å². The summed E-state index contributed by atoms with van der Waals surface area (Å²) >= 11 is 0. The molecule has 1 amide bonds. The number of fused-ring (bicyclic) bond motifs is 1. The van der Waals surface area contributed by atoms with Gasteiger partial charge in [-0.15, -0.1) is 0 Å². The summed E-state index contributed by atoms with van der Waals surface area (Å²) in [7, 11) is 1.55. The minimum Gasteiger partial charge on any atom is -0.385 e. The molecule has 0 aliphatic rings. The number of oxime groups is 1. The first-order chi connectivity index (χ1) is 11.3. The molecule has 0 atom stereocenters. The van der Waals surface area contributed by atoms with E-state index in [2.05, 4.69) is 20.4 Å². The van der Waals surface area contributed by atoms with Crippen molar-refractivity contribution in [3.8, 4) is 0 Å². The molecule has 6 heteroatoms. The zero-order valence-electron chi connectivity index (χ0n) is 12.6. The maximum Gasteiger partial charge on any atom is 0.260 e. The Hall–Kier alpha value is -3.15. The summed E-state index contributed by atoms with van der Waals surface area (Å²) in [6, 6.07) is 13.6. The minimum atomic E-state index is -0.234. The fourth-order valence-corrected chi connectivity index (χ4v) is 2.18. The summed E-state index contributed by atoms with van der Waals surface area (Å²) in [4.78, 5) is 23.9. The molecule has 0 spiro atoms. The van der Waals surface area contributed by atoms with E-state index in [1.54, 1.807) is 19.4 Å². The zero-order chi connectivity index (χ0) is 16.1. The van der Waals surface area contributed by atoms with Crippen LogP contribution in [0.15, 0.2) is 60.0 Å². The van der Waals surface area contributed by atoms with Crippen molar-refractivity contribution in [3.05, 3.63) is 66.1 Å². The van der Waals surface area contributed by atoms with E-state index in [1.165, 1.54) is 0 Å². The van der Waals surface area contributed by atoms with Crippen molar-refractivity contribution in [3.63, 3.8) is 0 Å². The number of aromatic nitrogens is 2. The number of pyridine rings is 1. The molecule has 1 aromatic carbocycles. The third-order valence-electron chi connectivity index (χ3n) is 3.36. The van der Waals surface area contributed by atoms with Crippen molar-refractivity contribution in [1.82, 2.24) is 15.3 Å². The largest absolute Gasteiger partial charge is 0.385 e. The number of hydrogen-bond donors (Lipinski definition) is 2. The highest BCUT2D eigenvalue weighted by Gasteiger charge is 2.11. The van der Waals surface area contributed by atoms with Crippen LogP contribution in [0.3, 0.4) is 0 Å². The second-order valence-electron chi connectivity index (χ2n) is 4.90. The van der Waals surface area contributed by atoms with Crippen LogP contribution in [0.2, 0.25) is 0 Å². The fraction of sp³-hybridized carbons (Fsp3) is 0.118. The average Bonchev–Trinajstić information content (AvgIpc) is 3.02. The monoisotopic (exact) mass is 308 g/mol. The molecule has 2 heterocycles. The summed E-state index contributed by atoms with van der Waals surface area (Å²) in [5.41, 5.74) is 3.24. The van der Waals surface area contributed by atoms with E-state index in [1.807, 2.05) is 42.5 Å². The van der Waals surface area contributed by atoms with Crippen molar-refractivity contribution in [1.29, 1.82) is 0 Å². The van der Waals surface area contributed by atoms with Gasteiger partial charge in [-0.2, -0.15) is 0 Å². The van der Waals surface area contributed by atoms with Crippen molar-refractivity contribution in [2.24, 2.45) is 5.16 Å². The van der Waals surface area contributed by atoms with Gasteiger partial charge in [0.05, 0.1) is 17.4 Å². The lowest BCUT2D eigenvalue weighted by Gasteiger charge is -2.05. The van der Waals surface area contributed by atoms with Gasteiger partial charge in [-0.3, -0.25) is 9.78 Å². The number of aromatic amines is 1. The number of benzene rings is 1. The highest BCUT2D eigenvalue weighted by molar-refractivity contribution is 6.13. The Labute approximate surface area is 133 Å². The second-order valence-corrected chi connectivity index (χ2v) is 4.90. The van der Waals surface area contributed by atoms with Crippen LogP contribution < -0.4 is 5.32 Å². The van der Waals surface area contributed by atoms with Crippen LogP contribution in [0.4, 0.5) is 0 Å². The van der Waals surface area contributed by atoms with E-state index in [0.29, 0.717) is 5.71 Å². The quantitative estimate of drug-likeness (QED) is 0.559. The van der Waals surface area contributed by atoms with Gasteiger partial charge in [0, 0.05) is 24.2 Å². The number of nitrogens with one attached hydrogen (secondary N) is 2. The van der Waals surface area contributed by atoms with Crippen LogP contribution in [-0.2, 0) is 9.63 Å². The number of rotatable bonds is 5. The third kappa shape index (κ3) is 3.37. The smallest absolute Gasteiger partial charge is 0.260 e. The maximum absolute atomic E-state index is 11.3. The number of nitrogens with zero attached hydrogens (tertiary/aromatic N) is 2. The minimum absolute atomic E-state index is 0.130. The SMILES string of the molecule is CNC(=O)CO/N=C(/c1ccccc1)c1cc2ccncc2[nH]1. The van der Waals surface area contributed by atoms with Crippen molar-refractivity contribution >= 4 is 22.5 Å². The Balaban J connectivity index is 1.97. The normalized spacial score (nSPS) is 11.4. The second kappa shape index (κ2) is 6.74. The van der Waals surface area contributed by atoms with Crippen LogP contribution in [0.5, 0.6) is 0 Å². The first kappa shape index (κ1) is 14.8. The molecule has 0 unspecified atom stereocenters. The lowest BCUT2D eigenvalue weighted by Crippen LogP contribution is -2.22. The molecule has 6 nitrogen and oxygen atoms in total. The molecule has 0 aliphatic heterocycles. The van der Waals surface area contributed by atoms with Crippen LogP contribution >= 0.6 is 0 Å². The van der Waals surface area contributed by atoms with Gasteiger partial charge in [-0.25, -0.2) is 0 Å². The van der Waals surface area contributed by atoms with Crippen LogP contribution in [0, 0.1) is 0 Å². The number of carbonyl (C=O) groups excluding carboxylic acids is 1. The van der Waals surface area contributed by atoms with E-state index in [-0.39, 0.29) is 12.5 Å². The summed E-state index contributed by atoms with van der Waals surface area (Å²) in [5, 5.41) is 7.67. The van der Waals surface area contributed by atoms with Gasteiger partial charge in [-0.05, 0) is 12.1 Å². The fourth-order valence-electron chi connectivity index (χ4n) is 2.18. The molecule has 0 radical (unpaired) electrons. The summed E-state index contributed by atoms with van der Waals surface area (Å²) in [6.45, 7) is -0.130. The molecule has 0 aliphatic carbocycles. The summed E-state index contributed by atoms with van der Waals surface area (Å²) < 4.78 is 0. The number of H-pyrrole nitrogens is 1. The highest BCUT2D eigenvalue weighted by Crippen LogP contribution is 2.17. The topological polar surface area (TPSA) is 79.4 Å². The Bertz CT molecular complexity index is 807. The molecule has 2 aromatic heterocycles. The molecule has 116 valence electrons. The molecule has 0 bridgehead atoms. The maximum atomic E-state index is 11.3. The van der Waals surface area contributed by atoms with Gasteiger partial charge in [0.2, 0.25) is 0 Å². The Morgan fingerprint density at radius 1 is 1.30 bits per heavy atom. The molecule has 3 aromatic rings. The van der Waals surface area contributed by atoms with Crippen molar-refractivity contribution in [2.45, 2.75) is 0 Å². The predicted molar refractivity (Wildman–Crippen MR) is 88.2 cm³/mol. The predicted octanol–water partition coefficient (Wildman–Crippen LogP) is 2.08. The first-order valence-electron chi connectivity index (χ1n) is 7.17. The average molecular weight is 308 g/mol. The van der Waals surface area contributed by atoms with Gasteiger partial charge in [0.25, 0.3) is 5.91 Å². The number of likely N-dealkylation sites (N-methyl/N-ethyl adjacent to an activating group) is 1. The van der Waals surface area contributed by atoms with Gasteiger partial charge in [0.15, 0.2) is 6.61 Å². The summed E-state index contributed by atoms with van der Waals surface area (Å²) in [6.07, 6.45) is 3.49. The lowest BCUT2D eigenvalue weighted by molar-refractivity contribution is -0.125. The van der Waals surface area contributed by atoms with Gasteiger partial charge in [0.1, 0.15) is 5.71 Å². The molecule has 0 fully saturated rings. The Morgan fingerprint density at radius 3 is 2.87 bits per heavy atom. The standard InChI is InChI=1S/C17H16N4O2/c1-18-16(22)11-23-21-17(12-5-3-2-4-6-12)14-9-13-7-8-19-10-15(13)20-14/h2-10,20H,11H2,1H3,(H,18,22)/b21-17-. The zero-order valence-corrected chi connectivity index (χ0v) is 12.6. The molecular formula is C17H16N4O2. The van der Waals surface area contributed by atoms with Crippen molar-refractivity contribution < 1.29 is 9.63 Å². The number of amides is 1. The molecule has 0 saturated heterocycles. The molecule has 0 saturated carbocycles. The molecular weight excluding hydrogens is 292 g/mol. The van der Waals surface area contributed by atoms with Crippen LogP contribution in [-0.4, -0.2) is 35.2 Å². The molecule has 3 rings (SSSR count). The number of hydrogen-bond acceptors (Lipinski definition) is 4. The van der Waals surface area contributed by atoms with Gasteiger partial charge in [-0.1, -0.05) is 35.5 Å². The molecule has 2 N–H and O–H groups in total. The summed E-state index contributed by atoms with van der Waals surface area (Å²) in [5.74, 6) is -0.234. The van der Waals surface area contributed by atoms with Crippen LogP contribution in [0.25, 0.3) is 10.9 Å². The Kier molecular flexibility index (Phi) is 4.33. The van der Waals surface area contributed by atoms with Gasteiger partial charge >= 0.3 is 0 Å². The first-order valence-corrected chi connectivity index (χ1v) is 7.17. The van der Waals surface area contributed by atoms with Gasteiger partial charge < -0.3 is 15.1 Å². The van der Waals surface area contributed by atoms with Crippen LogP contribution in [0.1, 0.15) is 11.3 Å². The van der Waals surface area contributed by atoms with E-state index < -0.39 is 0 Å².